The van der Waals surface area contributed by atoms with E-state index in [2.05, 4.69) is 95.1 Å². The Morgan fingerprint density at radius 1 is 0.830 bits per heavy atom. The van der Waals surface area contributed by atoms with Crippen molar-refractivity contribution >= 4 is 29.4 Å². The normalized spacial score (nSPS) is 22.1. The highest BCUT2D eigenvalue weighted by Gasteiger charge is 2.54. The van der Waals surface area contributed by atoms with Crippen LogP contribution in [0, 0.1) is 0 Å². The van der Waals surface area contributed by atoms with Crippen LogP contribution in [0.4, 0.5) is 0 Å². The molecule has 4 unspecified atom stereocenters. The Labute approximate surface area is 312 Å². The van der Waals surface area contributed by atoms with Crippen LogP contribution in [0.5, 0.6) is 0 Å². The molecule has 314 valence electrons. The Balaban J connectivity index is 0. The second-order valence-corrected chi connectivity index (χ2v) is 15.7. The average Bonchev–Trinajstić information content (AvgIpc) is 3.29. The number of hydrogen-bond donors (Lipinski definition) is 7. The number of phosphoric acid groups is 3. The summed E-state index contributed by atoms with van der Waals surface area (Å²) in [5, 5.41) is 20.8. The van der Waals surface area contributed by atoms with E-state index in [4.69, 9.17) is 25.2 Å². The van der Waals surface area contributed by atoms with Crippen LogP contribution in [0.15, 0.2) is 17.2 Å². The van der Waals surface area contributed by atoms with Crippen LogP contribution in [-0.4, -0.2) is 143 Å². The maximum Gasteiger partial charge on any atom is 0.490 e. The highest BCUT2D eigenvalue weighted by Crippen LogP contribution is 2.66. The molecule has 1 fully saturated rings. The second kappa shape index (κ2) is 25.6. The topological polar surface area (TPSA) is 297 Å². The number of phosphoric ester groups is 1. The van der Waals surface area contributed by atoms with E-state index in [9.17, 15) is 38.4 Å². The molecule has 1 aromatic rings. The van der Waals surface area contributed by atoms with Crippen LogP contribution >= 0.6 is 23.5 Å². The van der Waals surface area contributed by atoms with Gasteiger partial charge in [0.25, 0.3) is 11.5 Å². The zero-order valence-electron chi connectivity index (χ0n) is 32.5. The van der Waals surface area contributed by atoms with Crippen molar-refractivity contribution in [3.8, 4) is 0 Å². The molecule has 1 aromatic heterocycles. The highest BCUT2D eigenvalue weighted by atomic mass is 31.3. The van der Waals surface area contributed by atoms with Crippen molar-refractivity contribution in [1.29, 1.82) is 0 Å². The van der Waals surface area contributed by atoms with Gasteiger partial charge in [-0.15, -0.1) is 0 Å². The minimum absolute atomic E-state index is 0.668. The average molecular weight is 829 g/mol. The SMILES string of the molecule is CC1(O)C(O)[C@@H](COP(=O)(O)OP(=O)(O)OP(=O)(O)O)O[C@H]1n1ccnc(C(N)=O)c1=O.CCN(CC)CC.CCN(CC)CC.CCN(CC)CC. The van der Waals surface area contributed by atoms with Crippen LogP contribution < -0.4 is 11.3 Å². The third-order valence-corrected chi connectivity index (χ3v) is 11.8. The lowest BCUT2D eigenvalue weighted by Crippen LogP contribution is -2.46. The lowest BCUT2D eigenvalue weighted by Gasteiger charge is -2.27. The summed E-state index contributed by atoms with van der Waals surface area (Å²) in [6.07, 6.45) is -3.26. The number of aliphatic hydroxyl groups excluding tert-OH is 1. The Morgan fingerprint density at radius 2 is 1.23 bits per heavy atom. The van der Waals surface area contributed by atoms with Gasteiger partial charge in [-0.1, -0.05) is 62.3 Å². The number of rotatable bonds is 18. The fraction of sp³-hybridized carbons (Fsp3) is 0.828. The van der Waals surface area contributed by atoms with E-state index in [1.54, 1.807) is 0 Å². The quantitative estimate of drug-likeness (QED) is 0.104. The van der Waals surface area contributed by atoms with Gasteiger partial charge in [0.15, 0.2) is 11.9 Å². The largest absolute Gasteiger partial charge is 0.490 e. The molecule has 0 radical (unpaired) electrons. The van der Waals surface area contributed by atoms with Crippen molar-refractivity contribution in [3.05, 3.63) is 28.4 Å². The predicted molar refractivity (Wildman–Crippen MR) is 198 cm³/mol. The van der Waals surface area contributed by atoms with Gasteiger partial charge in [0, 0.05) is 12.4 Å². The summed E-state index contributed by atoms with van der Waals surface area (Å²) < 4.78 is 51.1. The zero-order valence-corrected chi connectivity index (χ0v) is 35.2. The van der Waals surface area contributed by atoms with Gasteiger partial charge in [-0.3, -0.25) is 18.7 Å². The van der Waals surface area contributed by atoms with E-state index < -0.39 is 71.3 Å². The standard InChI is InChI=1S/C11H18N3O15P3.3C6H15N/c1-11(18)7(15)5(4-26-31(22,23)29-32(24,25)28-30(19,20)21)27-10(11)14-3-2-13-6(8(12)16)9(14)17;3*1-4-7(5-2)6-3/h2-3,5,7,10,15,18H,4H2,1H3,(H2,12,16)(H,22,23)(H,24,25)(H2,19,20,21);3*4-6H2,1-3H3/t5-,7?,10-,11?;;;/m1.../s1. The molecule has 0 aromatic carbocycles. The van der Waals surface area contributed by atoms with Crippen molar-refractivity contribution in [2.24, 2.45) is 5.73 Å². The summed E-state index contributed by atoms with van der Waals surface area (Å²) in [6.45, 7) is 30.3. The van der Waals surface area contributed by atoms with Gasteiger partial charge < -0.3 is 55.0 Å². The zero-order chi connectivity index (χ0) is 41.8. The lowest BCUT2D eigenvalue weighted by molar-refractivity contribution is -0.0982. The lowest BCUT2D eigenvalue weighted by atomic mass is 9.96. The van der Waals surface area contributed by atoms with Crippen LogP contribution in [0.25, 0.3) is 0 Å². The second-order valence-electron chi connectivity index (χ2n) is 11.3. The maximum absolute atomic E-state index is 12.3. The third kappa shape index (κ3) is 20.3. The first kappa shape index (κ1) is 53.6. The Kier molecular flexibility index (Phi) is 25.9. The molecule has 53 heavy (non-hydrogen) atoms. The molecular weight excluding hydrogens is 765 g/mol. The number of primary amides is 1. The van der Waals surface area contributed by atoms with Gasteiger partial charge in [-0.25, -0.2) is 18.7 Å². The van der Waals surface area contributed by atoms with Crippen molar-refractivity contribution in [2.45, 2.75) is 93.3 Å². The van der Waals surface area contributed by atoms with Crippen LogP contribution in [0.2, 0.25) is 0 Å². The molecule has 24 heteroatoms. The summed E-state index contributed by atoms with van der Waals surface area (Å²) in [7, 11) is -16.9. The van der Waals surface area contributed by atoms with Gasteiger partial charge in [-0.2, -0.15) is 8.62 Å². The number of nitrogens with zero attached hydrogens (tertiary/aromatic N) is 5. The minimum atomic E-state index is -5.77. The van der Waals surface area contributed by atoms with E-state index in [1.165, 1.54) is 58.9 Å². The van der Waals surface area contributed by atoms with Gasteiger partial charge in [0.1, 0.15) is 17.8 Å². The first-order valence-corrected chi connectivity index (χ1v) is 21.8. The van der Waals surface area contributed by atoms with Crippen LogP contribution in [0.1, 0.15) is 86.0 Å². The molecule has 1 saturated heterocycles. The fourth-order valence-corrected chi connectivity index (χ4v) is 7.67. The first-order chi connectivity index (χ1) is 24.4. The number of aromatic nitrogens is 2. The number of ether oxygens (including phenoxy) is 1. The van der Waals surface area contributed by atoms with E-state index in [0.29, 0.717) is 4.57 Å². The van der Waals surface area contributed by atoms with Crippen molar-refractivity contribution in [1.82, 2.24) is 24.3 Å². The highest BCUT2D eigenvalue weighted by molar-refractivity contribution is 7.66. The Bertz CT molecular complexity index is 1340. The molecule has 21 nitrogen and oxygen atoms in total. The van der Waals surface area contributed by atoms with Gasteiger partial charge in [0.05, 0.1) is 6.61 Å². The van der Waals surface area contributed by atoms with E-state index in [1.807, 2.05) is 0 Å². The molecule has 1 aliphatic heterocycles. The van der Waals surface area contributed by atoms with Crippen LogP contribution in [0.3, 0.4) is 0 Å². The van der Waals surface area contributed by atoms with Crippen LogP contribution in [-0.2, 0) is 31.6 Å². The monoisotopic (exact) mass is 828 g/mol. The van der Waals surface area contributed by atoms with E-state index in [0.717, 1.165) is 19.3 Å². The van der Waals surface area contributed by atoms with Crippen molar-refractivity contribution in [3.63, 3.8) is 0 Å². The Hall–Kier alpha value is -1.48. The number of aliphatic hydroxyl groups is 2. The summed E-state index contributed by atoms with van der Waals surface area (Å²) >= 11 is 0. The van der Waals surface area contributed by atoms with Crippen molar-refractivity contribution in [2.75, 3.05) is 65.5 Å². The molecule has 2 rings (SSSR count). The number of carbonyl (C=O) groups is 1. The maximum atomic E-state index is 12.3. The van der Waals surface area contributed by atoms with Crippen molar-refractivity contribution < 1.29 is 66.2 Å². The minimum Gasteiger partial charge on any atom is -0.387 e. The molecule has 8 N–H and O–H groups in total. The Morgan fingerprint density at radius 3 is 1.55 bits per heavy atom. The van der Waals surface area contributed by atoms with E-state index in [-0.39, 0.29) is 0 Å². The molecular formula is C29H63N6O15P3. The predicted octanol–water partition coefficient (Wildman–Crippen LogP) is 1.74. The molecule has 2 heterocycles. The van der Waals surface area contributed by atoms with Gasteiger partial charge >= 0.3 is 23.5 Å². The molecule has 6 atom stereocenters. The molecule has 1 aliphatic rings. The third-order valence-electron chi connectivity index (χ3n) is 7.95. The van der Waals surface area contributed by atoms with Gasteiger partial charge in [-0.05, 0) is 65.8 Å². The smallest absolute Gasteiger partial charge is 0.387 e. The van der Waals surface area contributed by atoms with E-state index >= 15 is 0 Å². The summed E-state index contributed by atoms with van der Waals surface area (Å²) in [5.41, 5.74) is 0.978. The molecule has 1 amide bonds. The first-order valence-electron chi connectivity index (χ1n) is 17.3. The summed E-state index contributed by atoms with van der Waals surface area (Å²) in [6, 6.07) is 0. The fourth-order valence-electron chi connectivity index (χ4n) is 4.64. The van der Waals surface area contributed by atoms with Gasteiger partial charge in [0.2, 0.25) is 0 Å². The number of carbonyl (C=O) groups excluding carboxylic acids is 1. The molecule has 0 aliphatic carbocycles. The molecule has 0 saturated carbocycles. The number of hydrogen-bond acceptors (Lipinski definition) is 15. The molecule has 0 bridgehead atoms. The summed E-state index contributed by atoms with van der Waals surface area (Å²) in [5.74, 6) is -1.19. The number of amides is 1. The number of nitrogens with two attached hydrogens (primary N) is 1. The summed E-state index contributed by atoms with van der Waals surface area (Å²) in [4.78, 5) is 69.8. The molecule has 0 spiro atoms.